The van der Waals surface area contributed by atoms with Crippen molar-refractivity contribution >= 4 is 39.4 Å². The van der Waals surface area contributed by atoms with Crippen molar-refractivity contribution in [1.29, 1.82) is 5.41 Å². The van der Waals surface area contributed by atoms with Gasteiger partial charge in [-0.1, -0.05) is 34.1 Å². The molecule has 0 aromatic heterocycles. The second-order valence-corrected chi connectivity index (χ2v) is 9.40. The maximum atomic E-state index is 13.5. The molecular formula is C26H26BrF3N2O4. The summed E-state index contributed by atoms with van der Waals surface area (Å²) in [6.07, 6.45) is -5.14. The number of esters is 2. The molecule has 0 bridgehead atoms. The van der Waals surface area contributed by atoms with Crippen molar-refractivity contribution in [2.24, 2.45) is 5.92 Å². The fraction of sp³-hybridized carbons (Fsp3) is 0.346. The van der Waals surface area contributed by atoms with Crippen LogP contribution in [-0.4, -0.2) is 30.5 Å². The van der Waals surface area contributed by atoms with Crippen molar-refractivity contribution in [3.05, 3.63) is 75.4 Å². The molecule has 2 aromatic carbocycles. The minimum absolute atomic E-state index is 0.00859. The molecule has 0 spiro atoms. The van der Waals surface area contributed by atoms with Crippen LogP contribution in [-0.2, 0) is 25.2 Å². The number of nitrogens with one attached hydrogen (secondary N) is 1. The lowest BCUT2D eigenvalue weighted by Gasteiger charge is -2.41. The predicted molar refractivity (Wildman–Crippen MR) is 133 cm³/mol. The van der Waals surface area contributed by atoms with E-state index in [2.05, 4.69) is 15.9 Å². The smallest absolute Gasteiger partial charge is 0.416 e. The minimum atomic E-state index is -4.62. The molecule has 0 aliphatic carbocycles. The first kappa shape index (κ1) is 27.4. The van der Waals surface area contributed by atoms with Crippen molar-refractivity contribution in [2.75, 3.05) is 11.5 Å². The number of amidine groups is 1. The number of halogens is 4. The molecule has 36 heavy (non-hydrogen) atoms. The number of anilines is 1. The highest BCUT2D eigenvalue weighted by molar-refractivity contribution is 9.10. The van der Waals surface area contributed by atoms with Crippen molar-refractivity contribution in [1.82, 2.24) is 0 Å². The van der Waals surface area contributed by atoms with E-state index in [9.17, 15) is 22.8 Å². The average molecular weight is 567 g/mol. The predicted octanol–water partition coefficient (Wildman–Crippen LogP) is 6.45. The maximum absolute atomic E-state index is 13.5. The van der Waals surface area contributed by atoms with Gasteiger partial charge in [-0.2, -0.15) is 13.2 Å². The van der Waals surface area contributed by atoms with E-state index in [-0.39, 0.29) is 29.4 Å². The molecule has 2 atom stereocenters. The van der Waals surface area contributed by atoms with Crippen LogP contribution in [0.25, 0.3) is 0 Å². The Hall–Kier alpha value is -3.14. The van der Waals surface area contributed by atoms with Gasteiger partial charge in [0.2, 0.25) is 0 Å². The maximum Gasteiger partial charge on any atom is 0.416 e. The van der Waals surface area contributed by atoms with Gasteiger partial charge < -0.3 is 14.4 Å². The Morgan fingerprint density at radius 2 is 1.78 bits per heavy atom. The van der Waals surface area contributed by atoms with Crippen LogP contribution < -0.4 is 4.90 Å². The van der Waals surface area contributed by atoms with Crippen LogP contribution >= 0.6 is 15.9 Å². The van der Waals surface area contributed by atoms with Gasteiger partial charge in [0.1, 0.15) is 11.8 Å². The van der Waals surface area contributed by atoms with Crippen molar-refractivity contribution in [3.63, 3.8) is 0 Å². The van der Waals surface area contributed by atoms with Crippen LogP contribution in [0.2, 0.25) is 0 Å². The molecule has 0 amide bonds. The fourth-order valence-electron chi connectivity index (χ4n) is 4.21. The Morgan fingerprint density at radius 3 is 2.33 bits per heavy atom. The zero-order valence-electron chi connectivity index (χ0n) is 20.2. The highest BCUT2D eigenvalue weighted by Gasteiger charge is 2.48. The molecule has 0 fully saturated rings. The number of carbonyl (C=O) groups excluding carboxylic acids is 2. The highest BCUT2D eigenvalue weighted by atomic mass is 79.9. The lowest BCUT2D eigenvalue weighted by atomic mass is 9.75. The summed E-state index contributed by atoms with van der Waals surface area (Å²) in [5, 5.41) is 8.98. The molecular weight excluding hydrogens is 541 g/mol. The fourth-order valence-corrected chi connectivity index (χ4v) is 4.47. The standard InChI is InChI=1S/C26H26BrF3N2O4/c1-5-35-24(33)20-15(4)32(19-8-6-7-17(13-19)26(28,29)30)23(31)22(25(34)36-14(2)3)21(20)16-9-11-18(27)12-10-16/h6-14,21-22,31H,5H2,1-4H3. The lowest BCUT2D eigenvalue weighted by molar-refractivity contribution is -0.150. The third-order valence-corrected chi connectivity index (χ3v) is 6.20. The van der Waals surface area contributed by atoms with E-state index in [4.69, 9.17) is 14.9 Å². The molecule has 2 unspecified atom stereocenters. The molecule has 0 radical (unpaired) electrons. The number of hydrogen-bond donors (Lipinski definition) is 1. The van der Waals surface area contributed by atoms with E-state index in [1.54, 1.807) is 45.0 Å². The molecule has 1 heterocycles. The third kappa shape index (κ3) is 5.64. The van der Waals surface area contributed by atoms with Gasteiger partial charge in [-0.25, -0.2) is 4.79 Å². The zero-order chi connectivity index (χ0) is 26.8. The van der Waals surface area contributed by atoms with E-state index in [0.29, 0.717) is 5.56 Å². The Balaban J connectivity index is 2.31. The van der Waals surface area contributed by atoms with Gasteiger partial charge in [0, 0.05) is 21.8 Å². The van der Waals surface area contributed by atoms with E-state index >= 15 is 0 Å². The number of carbonyl (C=O) groups is 2. The highest BCUT2D eigenvalue weighted by Crippen LogP contribution is 2.44. The molecule has 1 aliphatic rings. The monoisotopic (exact) mass is 566 g/mol. The number of hydrogen-bond acceptors (Lipinski definition) is 5. The third-order valence-electron chi connectivity index (χ3n) is 5.67. The topological polar surface area (TPSA) is 79.7 Å². The van der Waals surface area contributed by atoms with Crippen molar-refractivity contribution < 1.29 is 32.2 Å². The number of ether oxygens (including phenoxy) is 2. The summed E-state index contributed by atoms with van der Waals surface area (Å²) in [5.41, 5.74) is -0.113. The summed E-state index contributed by atoms with van der Waals surface area (Å²) < 4.78 is 51.9. The number of rotatable bonds is 6. The van der Waals surface area contributed by atoms with Gasteiger partial charge in [0.05, 0.1) is 23.8 Å². The van der Waals surface area contributed by atoms with Crippen LogP contribution in [0.3, 0.4) is 0 Å². The van der Waals surface area contributed by atoms with Crippen LogP contribution in [0, 0.1) is 11.3 Å². The summed E-state index contributed by atoms with van der Waals surface area (Å²) in [7, 11) is 0. The lowest BCUT2D eigenvalue weighted by Crippen LogP contribution is -2.48. The number of nitrogens with zero attached hydrogens (tertiary/aromatic N) is 1. The SMILES string of the molecule is CCOC(=O)C1=C(C)N(c2cccc(C(F)(F)F)c2)C(=N)C(C(=O)OC(C)C)C1c1ccc(Br)cc1. The Bertz CT molecular complexity index is 1190. The molecule has 1 aliphatic heterocycles. The Labute approximate surface area is 215 Å². The van der Waals surface area contributed by atoms with Crippen LogP contribution in [0.1, 0.15) is 44.7 Å². The van der Waals surface area contributed by atoms with Crippen LogP contribution in [0.15, 0.2) is 64.3 Å². The van der Waals surface area contributed by atoms with Gasteiger partial charge >= 0.3 is 18.1 Å². The minimum Gasteiger partial charge on any atom is -0.463 e. The van der Waals surface area contributed by atoms with Gasteiger partial charge in [0.25, 0.3) is 0 Å². The molecule has 3 rings (SSSR count). The number of alkyl halides is 3. The quantitative estimate of drug-likeness (QED) is 0.406. The Kier molecular flexibility index (Phi) is 8.28. The largest absolute Gasteiger partial charge is 0.463 e. The first-order valence-corrected chi connectivity index (χ1v) is 12.1. The van der Waals surface area contributed by atoms with Gasteiger partial charge in [-0.05, 0) is 63.6 Å². The van der Waals surface area contributed by atoms with Gasteiger partial charge in [0.15, 0.2) is 0 Å². The average Bonchev–Trinajstić information content (AvgIpc) is 2.78. The van der Waals surface area contributed by atoms with E-state index in [1.165, 1.54) is 24.0 Å². The molecule has 0 saturated carbocycles. The molecule has 2 aromatic rings. The van der Waals surface area contributed by atoms with Crippen molar-refractivity contribution in [2.45, 2.75) is 45.9 Å². The van der Waals surface area contributed by atoms with Crippen LogP contribution in [0.5, 0.6) is 0 Å². The summed E-state index contributed by atoms with van der Waals surface area (Å²) in [6, 6.07) is 11.3. The molecule has 192 valence electrons. The van der Waals surface area contributed by atoms with Crippen molar-refractivity contribution in [3.8, 4) is 0 Å². The number of benzene rings is 2. The second kappa shape index (κ2) is 10.9. The first-order valence-electron chi connectivity index (χ1n) is 11.3. The summed E-state index contributed by atoms with van der Waals surface area (Å²) in [6.45, 7) is 6.50. The normalized spacial score (nSPS) is 18.5. The first-order chi connectivity index (χ1) is 16.9. The van der Waals surface area contributed by atoms with E-state index < -0.39 is 41.6 Å². The van der Waals surface area contributed by atoms with E-state index in [0.717, 1.165) is 16.6 Å². The van der Waals surface area contributed by atoms with Gasteiger partial charge in [-0.3, -0.25) is 10.2 Å². The Morgan fingerprint density at radius 1 is 1.14 bits per heavy atom. The van der Waals surface area contributed by atoms with Gasteiger partial charge in [-0.15, -0.1) is 0 Å². The summed E-state index contributed by atoms with van der Waals surface area (Å²) >= 11 is 3.36. The second-order valence-electron chi connectivity index (χ2n) is 8.48. The summed E-state index contributed by atoms with van der Waals surface area (Å²) in [5.74, 6) is -4.06. The zero-order valence-corrected chi connectivity index (χ0v) is 21.7. The molecule has 6 nitrogen and oxygen atoms in total. The molecule has 0 saturated heterocycles. The summed E-state index contributed by atoms with van der Waals surface area (Å²) in [4.78, 5) is 27.8. The number of allylic oxidation sites excluding steroid dienone is 1. The van der Waals surface area contributed by atoms with E-state index in [1.807, 2.05) is 0 Å². The molecule has 10 heteroatoms. The van der Waals surface area contributed by atoms with Crippen LogP contribution in [0.4, 0.5) is 18.9 Å². The molecule has 1 N–H and O–H groups in total.